The lowest BCUT2D eigenvalue weighted by Gasteiger charge is -2.37. The lowest BCUT2D eigenvalue weighted by atomic mass is 9.93. The van der Waals surface area contributed by atoms with Crippen LogP contribution in [0.5, 0.6) is 0 Å². The monoisotopic (exact) mass is 641 g/mol. The summed E-state index contributed by atoms with van der Waals surface area (Å²) >= 11 is 0. The maximum atomic E-state index is 15.8. The van der Waals surface area contributed by atoms with Crippen LogP contribution in [-0.2, 0) is 40.1 Å². The maximum absolute atomic E-state index is 15.8. The van der Waals surface area contributed by atoms with Crippen LogP contribution in [0.4, 0.5) is 9.80 Å². The van der Waals surface area contributed by atoms with E-state index < -0.39 is 14.5 Å². The molecule has 6 rings (SSSR count). The molecule has 1 fully saturated rings. The molecule has 4 aromatic rings. The highest BCUT2D eigenvalue weighted by Crippen LogP contribution is 2.47. The van der Waals surface area contributed by atoms with Crippen molar-refractivity contribution < 1.29 is 23.5 Å². The zero-order chi connectivity index (χ0) is 32.4. The van der Waals surface area contributed by atoms with Crippen molar-refractivity contribution in [2.45, 2.75) is 82.5 Å². The van der Waals surface area contributed by atoms with E-state index in [0.29, 0.717) is 25.8 Å². The molecule has 3 N–H and O–H groups in total. The fraction of sp³-hybridized carbons (Fsp3) is 0.405. The number of aliphatic hydroxyl groups excluding tert-OH is 1. The number of amides is 2. The van der Waals surface area contributed by atoms with Gasteiger partial charge in [-0.25, -0.2) is 0 Å². The Hall–Kier alpha value is -3.79. The first kappa shape index (κ1) is 32.2. The number of ether oxygens (including phenoxy) is 1. The Morgan fingerprint density at radius 3 is 2.59 bits per heavy atom. The predicted octanol–water partition coefficient (Wildman–Crippen LogP) is 6.57. The molecule has 2 amide bonds. The molecule has 0 unspecified atom stereocenters. The van der Waals surface area contributed by atoms with E-state index in [-0.39, 0.29) is 54.9 Å². The van der Waals surface area contributed by atoms with E-state index in [0.717, 1.165) is 38.8 Å². The van der Waals surface area contributed by atoms with Gasteiger partial charge in [-0.15, -0.1) is 0 Å². The summed E-state index contributed by atoms with van der Waals surface area (Å²) in [6.45, 7) is 5.83. The predicted molar refractivity (Wildman–Crippen MR) is 182 cm³/mol. The van der Waals surface area contributed by atoms with Crippen molar-refractivity contribution in [2.75, 3.05) is 11.9 Å². The number of nitrogens with zero attached hydrogens (tertiary/aromatic N) is 1. The molecular weight excluding hydrogens is 598 g/mol. The minimum absolute atomic E-state index is 0.0285. The van der Waals surface area contributed by atoms with Crippen LogP contribution < -0.4 is 5.32 Å². The normalized spacial score (nSPS) is 23.0. The van der Waals surface area contributed by atoms with Gasteiger partial charge in [0, 0.05) is 34.9 Å². The summed E-state index contributed by atoms with van der Waals surface area (Å²) in [4.78, 5) is 31.5. The van der Waals surface area contributed by atoms with Crippen LogP contribution >= 0.6 is 0 Å². The highest BCUT2D eigenvalue weighted by atomic mass is 28.4. The van der Waals surface area contributed by atoms with Gasteiger partial charge < -0.3 is 29.2 Å². The number of benzene rings is 3. The average Bonchev–Trinajstić information content (AvgIpc) is 3.58. The second kappa shape index (κ2) is 13.5. The van der Waals surface area contributed by atoms with Gasteiger partial charge in [0.2, 0.25) is 20.2 Å². The van der Waals surface area contributed by atoms with Gasteiger partial charge in [-0.3, -0.25) is 9.59 Å². The van der Waals surface area contributed by atoms with Crippen LogP contribution in [0.2, 0.25) is 18.6 Å². The molecule has 1 aromatic heterocycles. The summed E-state index contributed by atoms with van der Waals surface area (Å²) in [6, 6.07) is 23.5. The highest BCUT2D eigenvalue weighted by Gasteiger charge is 2.52. The van der Waals surface area contributed by atoms with Gasteiger partial charge in [-0.1, -0.05) is 61.5 Å². The second-order valence-corrected chi connectivity index (χ2v) is 17.3. The Morgan fingerprint density at radius 1 is 1.04 bits per heavy atom. The van der Waals surface area contributed by atoms with Gasteiger partial charge in [0.25, 0.3) is 0 Å². The van der Waals surface area contributed by atoms with Crippen molar-refractivity contribution in [1.82, 2.24) is 9.88 Å². The molecule has 0 radical (unpaired) electrons. The largest absolute Gasteiger partial charge is 0.394 e. The topological polar surface area (TPSA) is 94.7 Å². The summed E-state index contributed by atoms with van der Waals surface area (Å²) in [5.74, 6) is -0.203. The summed E-state index contributed by atoms with van der Waals surface area (Å²) in [5.41, 5.74) is 5.71. The standard InChI is InChI=1S/C37H44FN3O4Si/c1-24-33(16-15-25-9-8-12-29(17-25)40-35(43)19-28-21-39-32-14-7-6-13-31(28)32)45-34(37(24)46(2,3)38)20-36(44)41-22-27-11-5-4-10-26(27)18-30(41)23-42/h4-14,17,21,24,30,33-34,37,39,42H,15-16,18-20,22-23H2,1-3H3,(H,40,43)/t24-,30+,33+,34-,37+/m1/s1. The van der Waals surface area contributed by atoms with Crippen LogP contribution in [0.3, 0.4) is 0 Å². The van der Waals surface area contributed by atoms with Crippen LogP contribution in [-0.4, -0.2) is 60.1 Å². The van der Waals surface area contributed by atoms with E-state index in [4.69, 9.17) is 4.74 Å². The van der Waals surface area contributed by atoms with E-state index in [1.807, 2.05) is 79.0 Å². The Balaban J connectivity index is 1.08. The summed E-state index contributed by atoms with van der Waals surface area (Å²) in [5, 5.41) is 14.2. The number of hydrogen-bond donors (Lipinski definition) is 3. The lowest BCUT2D eigenvalue weighted by Crippen LogP contribution is -2.48. The molecule has 0 saturated carbocycles. The van der Waals surface area contributed by atoms with Crippen LogP contribution in [0.25, 0.3) is 10.9 Å². The first-order valence-electron chi connectivity index (χ1n) is 16.4. The number of H-pyrrole nitrogens is 1. The molecule has 9 heteroatoms. The molecule has 242 valence electrons. The zero-order valence-corrected chi connectivity index (χ0v) is 27.8. The number of nitrogens with one attached hydrogen (secondary N) is 2. The Kier molecular flexibility index (Phi) is 9.45. The van der Waals surface area contributed by atoms with Gasteiger partial charge in [0.05, 0.1) is 37.7 Å². The molecular formula is C37H44FN3O4Si. The smallest absolute Gasteiger partial charge is 0.246 e. The summed E-state index contributed by atoms with van der Waals surface area (Å²) < 4.78 is 22.3. The van der Waals surface area contributed by atoms with Crippen molar-refractivity contribution in [3.63, 3.8) is 0 Å². The third-order valence-electron chi connectivity index (χ3n) is 9.91. The van der Waals surface area contributed by atoms with Gasteiger partial charge >= 0.3 is 0 Å². The van der Waals surface area contributed by atoms with E-state index in [2.05, 4.69) is 17.2 Å². The zero-order valence-electron chi connectivity index (χ0n) is 26.8. The van der Waals surface area contributed by atoms with E-state index in [1.165, 1.54) is 0 Å². The van der Waals surface area contributed by atoms with Crippen molar-refractivity contribution >= 4 is 36.8 Å². The molecule has 2 aliphatic heterocycles. The number of aromatic nitrogens is 1. The van der Waals surface area contributed by atoms with Crippen LogP contribution in [0.1, 0.15) is 42.0 Å². The number of halogens is 1. The number of hydrogen-bond acceptors (Lipinski definition) is 4. The van der Waals surface area contributed by atoms with E-state index >= 15 is 4.11 Å². The molecule has 7 nitrogen and oxygen atoms in total. The number of carbonyl (C=O) groups excluding carboxylic acids is 2. The minimum atomic E-state index is -3.17. The van der Waals surface area contributed by atoms with Gasteiger partial charge in [-0.05, 0) is 78.7 Å². The minimum Gasteiger partial charge on any atom is -0.394 e. The first-order valence-corrected chi connectivity index (χ1v) is 19.3. The molecule has 3 aromatic carbocycles. The number of anilines is 1. The number of fused-ring (bicyclic) bond motifs is 2. The Labute approximate surface area is 271 Å². The van der Waals surface area contributed by atoms with Crippen LogP contribution in [0, 0.1) is 5.92 Å². The molecule has 3 heterocycles. The van der Waals surface area contributed by atoms with Crippen molar-refractivity contribution in [1.29, 1.82) is 0 Å². The number of para-hydroxylation sites is 1. The van der Waals surface area contributed by atoms with Crippen molar-refractivity contribution in [2.24, 2.45) is 5.92 Å². The van der Waals surface area contributed by atoms with E-state index in [1.54, 1.807) is 18.0 Å². The first-order chi connectivity index (χ1) is 22.1. The second-order valence-electron chi connectivity index (χ2n) is 13.5. The fourth-order valence-corrected chi connectivity index (χ4v) is 10.2. The maximum Gasteiger partial charge on any atom is 0.246 e. The molecule has 1 saturated heterocycles. The molecule has 0 spiro atoms. The summed E-state index contributed by atoms with van der Waals surface area (Å²) in [7, 11) is -3.17. The quantitative estimate of drug-likeness (QED) is 0.135. The number of rotatable bonds is 10. The van der Waals surface area contributed by atoms with E-state index in [9.17, 15) is 14.7 Å². The molecule has 5 atom stereocenters. The van der Waals surface area contributed by atoms with Crippen molar-refractivity contribution in [3.8, 4) is 0 Å². The lowest BCUT2D eigenvalue weighted by molar-refractivity contribution is -0.138. The third kappa shape index (κ3) is 6.96. The van der Waals surface area contributed by atoms with Crippen LogP contribution in [0.15, 0.2) is 79.0 Å². The van der Waals surface area contributed by atoms with Gasteiger partial charge in [-0.2, -0.15) is 0 Å². The van der Waals surface area contributed by atoms with Gasteiger partial charge in [0.1, 0.15) is 0 Å². The Morgan fingerprint density at radius 2 is 1.80 bits per heavy atom. The summed E-state index contributed by atoms with van der Waals surface area (Å²) in [6.07, 6.45) is 3.60. The molecule has 2 aliphatic rings. The average molecular weight is 642 g/mol. The highest BCUT2D eigenvalue weighted by molar-refractivity contribution is 6.72. The van der Waals surface area contributed by atoms with Crippen molar-refractivity contribution in [3.05, 3.63) is 101 Å². The molecule has 0 aliphatic carbocycles. The Bertz CT molecular complexity index is 1700. The fourth-order valence-electron chi connectivity index (χ4n) is 7.68. The molecule has 46 heavy (non-hydrogen) atoms. The number of carbonyl (C=O) groups is 2. The third-order valence-corrected chi connectivity index (χ3v) is 12.4. The number of aliphatic hydroxyl groups is 1. The number of aromatic amines is 1. The van der Waals surface area contributed by atoms with Gasteiger partial charge in [0.15, 0.2) is 0 Å². The SMILES string of the molecule is C[C@H]1[C@H]([Si](C)(C)F)[C@@H](CC(=O)N2Cc3ccccc3C[C@H]2CO)O[C@H]1CCc1cccc(NC(=O)Cc2c[nH]c3ccccc23)c1. The number of aryl methyl sites for hydroxylation is 1. The molecule has 0 bridgehead atoms.